The molecule has 0 aromatic heterocycles. The number of halogens is 1. The van der Waals surface area contributed by atoms with Crippen LogP contribution in [0.3, 0.4) is 0 Å². The van der Waals surface area contributed by atoms with Crippen molar-refractivity contribution in [1.82, 2.24) is 0 Å². The summed E-state index contributed by atoms with van der Waals surface area (Å²) in [5.41, 5.74) is 1.61. The molecule has 0 aliphatic carbocycles. The van der Waals surface area contributed by atoms with Gasteiger partial charge in [-0.05, 0) is 51.5 Å². The lowest BCUT2D eigenvalue weighted by Crippen LogP contribution is -1.99. The average molecular weight is 190 g/mol. The largest absolute Gasteiger partial charge is 0.207 e. The third kappa shape index (κ3) is 3.62. The Balaban J connectivity index is 3.02. The Kier molecular flexibility index (Phi) is 2.96. The normalized spacial score (nSPS) is 10.6. The Morgan fingerprint density at radius 3 is 2.29 bits per heavy atom. The van der Waals surface area contributed by atoms with E-state index in [4.69, 9.17) is 0 Å². The standard InChI is InChI=1S/C13H15F/c1-10-7-11(9-12(14)8-10)5-6-13(2,3)4/h7-9H,1-4H3. The minimum atomic E-state index is -0.219. The van der Waals surface area contributed by atoms with Gasteiger partial charge in [0.15, 0.2) is 0 Å². The Labute approximate surface area is 85.2 Å². The van der Waals surface area contributed by atoms with Crippen molar-refractivity contribution in [2.75, 3.05) is 0 Å². The van der Waals surface area contributed by atoms with Crippen LogP contribution in [0.1, 0.15) is 31.9 Å². The minimum Gasteiger partial charge on any atom is -0.207 e. The molecule has 14 heavy (non-hydrogen) atoms. The van der Waals surface area contributed by atoms with Crippen LogP contribution in [0.25, 0.3) is 0 Å². The summed E-state index contributed by atoms with van der Waals surface area (Å²) in [5.74, 6) is 5.83. The molecule has 0 nitrogen and oxygen atoms in total. The third-order valence-corrected chi connectivity index (χ3v) is 1.62. The van der Waals surface area contributed by atoms with Gasteiger partial charge in [0, 0.05) is 11.0 Å². The molecule has 1 aromatic carbocycles. The van der Waals surface area contributed by atoms with Gasteiger partial charge < -0.3 is 0 Å². The van der Waals surface area contributed by atoms with Crippen molar-refractivity contribution in [3.05, 3.63) is 35.1 Å². The maximum Gasteiger partial charge on any atom is 0.124 e. The van der Waals surface area contributed by atoms with E-state index >= 15 is 0 Å². The first-order valence-electron chi connectivity index (χ1n) is 4.67. The number of benzene rings is 1. The lowest BCUT2D eigenvalue weighted by Gasteiger charge is -2.06. The molecule has 0 radical (unpaired) electrons. The van der Waals surface area contributed by atoms with E-state index in [0.29, 0.717) is 0 Å². The topological polar surface area (TPSA) is 0 Å². The number of rotatable bonds is 0. The minimum absolute atomic E-state index is 0.0414. The molecular formula is C13H15F. The molecule has 0 N–H and O–H groups in total. The van der Waals surface area contributed by atoms with Crippen molar-refractivity contribution in [1.29, 1.82) is 0 Å². The molecule has 0 heterocycles. The van der Waals surface area contributed by atoms with Crippen LogP contribution in [0.2, 0.25) is 0 Å². The van der Waals surface area contributed by atoms with E-state index in [-0.39, 0.29) is 11.2 Å². The molecule has 0 fully saturated rings. The molecule has 1 heteroatoms. The first kappa shape index (κ1) is 10.8. The van der Waals surface area contributed by atoms with Gasteiger partial charge in [-0.3, -0.25) is 0 Å². The number of hydrogen-bond donors (Lipinski definition) is 0. The van der Waals surface area contributed by atoms with Crippen LogP contribution in [-0.4, -0.2) is 0 Å². The molecule has 0 saturated heterocycles. The van der Waals surface area contributed by atoms with Gasteiger partial charge in [0.2, 0.25) is 0 Å². The maximum atomic E-state index is 13.0. The van der Waals surface area contributed by atoms with Crippen molar-refractivity contribution in [3.63, 3.8) is 0 Å². The fourth-order valence-corrected chi connectivity index (χ4v) is 1.07. The predicted molar refractivity (Wildman–Crippen MR) is 57.5 cm³/mol. The molecule has 1 aromatic rings. The molecule has 0 amide bonds. The van der Waals surface area contributed by atoms with Gasteiger partial charge in [-0.2, -0.15) is 0 Å². The molecule has 0 atom stereocenters. The van der Waals surface area contributed by atoms with E-state index in [1.54, 1.807) is 0 Å². The molecule has 74 valence electrons. The molecular weight excluding hydrogens is 175 g/mol. The molecule has 0 bridgehead atoms. The predicted octanol–water partition coefficient (Wildman–Crippen LogP) is 3.53. The van der Waals surface area contributed by atoms with E-state index in [9.17, 15) is 4.39 Å². The summed E-state index contributed by atoms with van der Waals surface area (Å²) >= 11 is 0. The summed E-state index contributed by atoms with van der Waals surface area (Å²) in [6.45, 7) is 7.97. The highest BCUT2D eigenvalue weighted by Crippen LogP contribution is 2.12. The van der Waals surface area contributed by atoms with E-state index in [1.807, 2.05) is 33.8 Å². The van der Waals surface area contributed by atoms with E-state index in [2.05, 4.69) is 11.8 Å². The summed E-state index contributed by atoms with van der Waals surface area (Å²) in [4.78, 5) is 0. The summed E-state index contributed by atoms with van der Waals surface area (Å²) in [6.07, 6.45) is 0. The van der Waals surface area contributed by atoms with Gasteiger partial charge in [0.05, 0.1) is 0 Å². The van der Waals surface area contributed by atoms with Crippen molar-refractivity contribution in [2.45, 2.75) is 27.7 Å². The Morgan fingerprint density at radius 2 is 1.79 bits per heavy atom. The summed E-state index contributed by atoms with van der Waals surface area (Å²) in [7, 11) is 0. The molecule has 0 unspecified atom stereocenters. The van der Waals surface area contributed by atoms with Crippen molar-refractivity contribution in [2.24, 2.45) is 5.41 Å². The zero-order chi connectivity index (χ0) is 10.8. The highest BCUT2D eigenvalue weighted by atomic mass is 19.1. The van der Waals surface area contributed by atoms with Crippen LogP contribution in [0.5, 0.6) is 0 Å². The molecule has 0 aliphatic heterocycles. The smallest absolute Gasteiger partial charge is 0.124 e. The maximum absolute atomic E-state index is 13.0. The molecule has 0 aliphatic rings. The monoisotopic (exact) mass is 190 g/mol. The van der Waals surface area contributed by atoms with Gasteiger partial charge >= 0.3 is 0 Å². The van der Waals surface area contributed by atoms with Crippen molar-refractivity contribution in [3.8, 4) is 11.8 Å². The Morgan fingerprint density at radius 1 is 1.14 bits per heavy atom. The second-order valence-electron chi connectivity index (χ2n) is 4.52. The molecule has 0 saturated carbocycles. The third-order valence-electron chi connectivity index (χ3n) is 1.62. The second-order valence-corrected chi connectivity index (χ2v) is 4.52. The zero-order valence-corrected chi connectivity index (χ0v) is 9.11. The van der Waals surface area contributed by atoms with Gasteiger partial charge in [-0.1, -0.05) is 11.8 Å². The molecule has 1 rings (SSSR count). The SMILES string of the molecule is Cc1cc(F)cc(C#CC(C)(C)C)c1. The fourth-order valence-electron chi connectivity index (χ4n) is 1.07. The van der Waals surface area contributed by atoms with Crippen LogP contribution < -0.4 is 0 Å². The highest BCUT2D eigenvalue weighted by molar-refractivity contribution is 5.38. The van der Waals surface area contributed by atoms with Gasteiger partial charge in [-0.15, -0.1) is 0 Å². The van der Waals surface area contributed by atoms with Crippen LogP contribution in [0.15, 0.2) is 18.2 Å². The number of aryl methyl sites for hydroxylation is 1. The molecule has 0 spiro atoms. The first-order valence-corrected chi connectivity index (χ1v) is 4.67. The van der Waals surface area contributed by atoms with Crippen LogP contribution in [0, 0.1) is 30.0 Å². The van der Waals surface area contributed by atoms with E-state index in [1.165, 1.54) is 12.1 Å². The summed E-state index contributed by atoms with van der Waals surface area (Å²) < 4.78 is 13.0. The van der Waals surface area contributed by atoms with E-state index < -0.39 is 0 Å². The second kappa shape index (κ2) is 3.84. The first-order chi connectivity index (χ1) is 6.37. The van der Waals surface area contributed by atoms with Crippen LogP contribution in [0.4, 0.5) is 4.39 Å². The average Bonchev–Trinajstić information content (AvgIpc) is 1.97. The van der Waals surface area contributed by atoms with Gasteiger partial charge in [0.25, 0.3) is 0 Å². The quantitative estimate of drug-likeness (QED) is 0.549. The number of hydrogen-bond acceptors (Lipinski definition) is 0. The van der Waals surface area contributed by atoms with Crippen LogP contribution in [-0.2, 0) is 0 Å². The van der Waals surface area contributed by atoms with E-state index in [0.717, 1.165) is 11.1 Å². The highest BCUT2D eigenvalue weighted by Gasteiger charge is 2.03. The Hall–Kier alpha value is -1.29. The van der Waals surface area contributed by atoms with Crippen molar-refractivity contribution < 1.29 is 4.39 Å². The lowest BCUT2D eigenvalue weighted by atomic mass is 9.97. The summed E-state index contributed by atoms with van der Waals surface area (Å²) in [6, 6.07) is 4.86. The van der Waals surface area contributed by atoms with Gasteiger partial charge in [0.1, 0.15) is 5.82 Å². The zero-order valence-electron chi connectivity index (χ0n) is 9.11. The Bertz CT molecular complexity index is 366. The fraction of sp³-hybridized carbons (Fsp3) is 0.385. The van der Waals surface area contributed by atoms with Crippen LogP contribution >= 0.6 is 0 Å². The van der Waals surface area contributed by atoms with Crippen molar-refractivity contribution >= 4 is 0 Å². The lowest BCUT2D eigenvalue weighted by molar-refractivity contribution is 0.571. The van der Waals surface area contributed by atoms with Gasteiger partial charge in [-0.25, -0.2) is 4.39 Å². The summed E-state index contributed by atoms with van der Waals surface area (Å²) in [5, 5.41) is 0.